The Kier molecular flexibility index (Phi) is 5.95. The van der Waals surface area contributed by atoms with Gasteiger partial charge < -0.3 is 15.2 Å². The molecule has 33 heavy (non-hydrogen) atoms. The number of piperidine rings is 1. The van der Waals surface area contributed by atoms with Gasteiger partial charge in [0.2, 0.25) is 11.8 Å². The van der Waals surface area contributed by atoms with E-state index in [0.29, 0.717) is 24.8 Å². The van der Waals surface area contributed by atoms with Crippen molar-refractivity contribution in [3.63, 3.8) is 0 Å². The molecule has 0 spiro atoms. The molecule has 1 aromatic carbocycles. The number of alkyl halides is 2. The molecule has 1 aliphatic carbocycles. The Hall–Kier alpha value is -2.39. The molecule has 0 radical (unpaired) electrons. The minimum absolute atomic E-state index is 0.0949. The van der Waals surface area contributed by atoms with Gasteiger partial charge >= 0.3 is 0 Å². The molecular weight excluding hydrogens is 428 g/mol. The van der Waals surface area contributed by atoms with Crippen LogP contribution in [0.4, 0.5) is 8.78 Å². The fraction of sp³-hybridized carbons (Fsp3) is 0.625. The maximum Gasteiger partial charge on any atom is 0.265 e. The molecule has 3 atom stereocenters. The van der Waals surface area contributed by atoms with E-state index in [9.17, 15) is 13.6 Å². The number of rotatable bonds is 6. The summed E-state index contributed by atoms with van der Waals surface area (Å²) >= 11 is 0. The van der Waals surface area contributed by atoms with Gasteiger partial charge in [-0.25, -0.2) is 8.78 Å². The first-order valence-corrected chi connectivity index (χ1v) is 11.9. The van der Waals surface area contributed by atoms with Crippen molar-refractivity contribution in [1.82, 2.24) is 19.9 Å². The fourth-order valence-electron chi connectivity index (χ4n) is 5.13. The largest absolute Gasteiger partial charge is 0.338 e. The third-order valence-electron chi connectivity index (χ3n) is 7.55. The van der Waals surface area contributed by atoms with E-state index in [2.05, 4.69) is 22.2 Å². The van der Waals surface area contributed by atoms with Gasteiger partial charge in [-0.3, -0.25) is 9.69 Å². The Balaban J connectivity index is 1.37. The Morgan fingerprint density at radius 3 is 2.76 bits per heavy atom. The number of carbonyl (C=O) groups is 1. The van der Waals surface area contributed by atoms with Gasteiger partial charge in [-0.05, 0) is 37.3 Å². The van der Waals surface area contributed by atoms with E-state index in [1.54, 1.807) is 0 Å². The number of benzene rings is 1. The summed E-state index contributed by atoms with van der Waals surface area (Å²) in [5.74, 6) is -1.39. The maximum absolute atomic E-state index is 13.9. The number of nitrogens with zero attached hydrogens (tertiary/aromatic N) is 4. The molecule has 1 saturated carbocycles. The SMILES string of the molecule is C[C@@H]([C@@H](N)CN1CC(F)(F)CCC1=O)N1Cc2ccccc2CC1c1nc(C2CCC2)no1. The van der Waals surface area contributed by atoms with Crippen LogP contribution in [-0.2, 0) is 17.8 Å². The number of carbonyl (C=O) groups excluding carboxylic acids is 1. The molecule has 7 nitrogen and oxygen atoms in total. The van der Waals surface area contributed by atoms with Crippen molar-refractivity contribution in [3.8, 4) is 0 Å². The van der Waals surface area contributed by atoms with Gasteiger partial charge in [0.1, 0.15) is 0 Å². The predicted molar refractivity (Wildman–Crippen MR) is 118 cm³/mol. The monoisotopic (exact) mass is 459 g/mol. The fourth-order valence-corrected chi connectivity index (χ4v) is 5.13. The van der Waals surface area contributed by atoms with E-state index in [1.807, 2.05) is 19.1 Å². The second-order valence-electron chi connectivity index (χ2n) is 9.81. The van der Waals surface area contributed by atoms with Crippen LogP contribution in [0.25, 0.3) is 0 Å². The van der Waals surface area contributed by atoms with Crippen molar-refractivity contribution in [2.24, 2.45) is 5.73 Å². The number of halogens is 2. The Morgan fingerprint density at radius 1 is 1.27 bits per heavy atom. The zero-order chi connectivity index (χ0) is 23.2. The van der Waals surface area contributed by atoms with Crippen molar-refractivity contribution in [2.45, 2.75) is 82.0 Å². The lowest BCUT2D eigenvalue weighted by molar-refractivity contribution is -0.147. The quantitative estimate of drug-likeness (QED) is 0.712. The van der Waals surface area contributed by atoms with Crippen LogP contribution in [0.2, 0.25) is 0 Å². The summed E-state index contributed by atoms with van der Waals surface area (Å²) in [5, 5.41) is 4.25. The van der Waals surface area contributed by atoms with Crippen molar-refractivity contribution >= 4 is 5.91 Å². The third-order valence-corrected chi connectivity index (χ3v) is 7.55. The Bertz CT molecular complexity index is 1010. The van der Waals surface area contributed by atoms with Crippen LogP contribution >= 0.6 is 0 Å². The molecule has 2 N–H and O–H groups in total. The molecule has 3 aliphatic rings. The van der Waals surface area contributed by atoms with Gasteiger partial charge in [0.15, 0.2) is 5.82 Å². The van der Waals surface area contributed by atoms with Crippen LogP contribution in [0.3, 0.4) is 0 Å². The maximum atomic E-state index is 13.9. The van der Waals surface area contributed by atoms with Gasteiger partial charge in [-0.1, -0.05) is 35.8 Å². The first kappa shape index (κ1) is 22.4. The standard InChI is InChI=1S/C24H31F2N5O2/c1-15(19(27)13-30-14-24(25,26)10-9-21(30)32)31-12-18-6-3-2-5-17(18)11-20(31)23-28-22(29-33-23)16-7-4-8-16/h2-3,5-6,15-16,19-20H,4,7-14,27H2,1H3/t15-,19-,20?/m0/s1. The normalized spacial score (nSPS) is 25.4. The number of nitrogens with two attached hydrogens (primary N) is 1. The lowest BCUT2D eigenvalue weighted by Gasteiger charge is -2.42. The van der Waals surface area contributed by atoms with Gasteiger partial charge in [-0.2, -0.15) is 4.98 Å². The van der Waals surface area contributed by atoms with E-state index in [4.69, 9.17) is 15.2 Å². The summed E-state index contributed by atoms with van der Waals surface area (Å²) in [7, 11) is 0. The first-order valence-electron chi connectivity index (χ1n) is 11.9. The topological polar surface area (TPSA) is 88.5 Å². The molecule has 5 rings (SSSR count). The minimum atomic E-state index is -2.86. The highest BCUT2D eigenvalue weighted by molar-refractivity contribution is 5.77. The molecule has 1 unspecified atom stereocenters. The van der Waals surface area contributed by atoms with Crippen LogP contribution in [0, 0.1) is 0 Å². The first-order chi connectivity index (χ1) is 15.8. The van der Waals surface area contributed by atoms with Crippen molar-refractivity contribution in [1.29, 1.82) is 0 Å². The highest BCUT2D eigenvalue weighted by atomic mass is 19.3. The number of likely N-dealkylation sites (tertiary alicyclic amines) is 1. The molecule has 1 aromatic heterocycles. The van der Waals surface area contributed by atoms with E-state index in [0.717, 1.165) is 18.7 Å². The summed E-state index contributed by atoms with van der Waals surface area (Å²) in [6, 6.07) is 7.41. The van der Waals surface area contributed by atoms with Crippen LogP contribution in [0.1, 0.15) is 73.8 Å². The number of amides is 1. The highest BCUT2D eigenvalue weighted by Crippen LogP contribution is 2.38. The predicted octanol–water partition coefficient (Wildman–Crippen LogP) is 3.41. The average molecular weight is 460 g/mol. The van der Waals surface area contributed by atoms with Crippen molar-refractivity contribution in [3.05, 3.63) is 47.1 Å². The van der Waals surface area contributed by atoms with Crippen LogP contribution in [0.15, 0.2) is 28.8 Å². The second kappa shape index (κ2) is 8.76. The molecule has 2 aromatic rings. The van der Waals surface area contributed by atoms with E-state index in [-0.39, 0.29) is 31.0 Å². The zero-order valence-corrected chi connectivity index (χ0v) is 18.9. The number of fused-ring (bicyclic) bond motifs is 1. The number of hydrogen-bond acceptors (Lipinski definition) is 6. The lowest BCUT2D eigenvalue weighted by Crippen LogP contribution is -2.56. The number of hydrogen-bond donors (Lipinski definition) is 1. The highest BCUT2D eigenvalue weighted by Gasteiger charge is 2.41. The molecule has 3 heterocycles. The molecule has 1 amide bonds. The van der Waals surface area contributed by atoms with Crippen LogP contribution in [-0.4, -0.2) is 56.9 Å². The van der Waals surface area contributed by atoms with Crippen molar-refractivity contribution in [2.75, 3.05) is 13.1 Å². The summed E-state index contributed by atoms with van der Waals surface area (Å²) < 4.78 is 33.5. The van der Waals surface area contributed by atoms with Crippen LogP contribution in [0.5, 0.6) is 0 Å². The molecule has 1 saturated heterocycles. The molecule has 2 aliphatic heterocycles. The summed E-state index contributed by atoms with van der Waals surface area (Å²) in [6.45, 7) is 2.16. The smallest absolute Gasteiger partial charge is 0.265 e. The zero-order valence-electron chi connectivity index (χ0n) is 18.9. The van der Waals surface area contributed by atoms with Gasteiger partial charge in [0.05, 0.1) is 12.6 Å². The van der Waals surface area contributed by atoms with Gasteiger partial charge in [0, 0.05) is 43.9 Å². The number of aromatic nitrogens is 2. The second-order valence-corrected chi connectivity index (χ2v) is 9.81. The average Bonchev–Trinajstić information content (AvgIpc) is 3.22. The summed E-state index contributed by atoms with van der Waals surface area (Å²) in [5.41, 5.74) is 8.96. The van der Waals surface area contributed by atoms with E-state index < -0.39 is 24.9 Å². The molecule has 178 valence electrons. The summed E-state index contributed by atoms with van der Waals surface area (Å²) in [4.78, 5) is 20.4. The van der Waals surface area contributed by atoms with Crippen LogP contribution < -0.4 is 5.73 Å². The van der Waals surface area contributed by atoms with Gasteiger partial charge in [0.25, 0.3) is 5.92 Å². The van der Waals surface area contributed by atoms with E-state index >= 15 is 0 Å². The summed E-state index contributed by atoms with van der Waals surface area (Å²) in [6.07, 6.45) is 3.55. The Labute approximate surface area is 192 Å². The Morgan fingerprint density at radius 2 is 2.03 bits per heavy atom. The molecule has 2 fully saturated rings. The van der Waals surface area contributed by atoms with E-state index in [1.165, 1.54) is 22.4 Å². The van der Waals surface area contributed by atoms with Crippen molar-refractivity contribution < 1.29 is 18.1 Å². The molecule has 0 bridgehead atoms. The third kappa shape index (κ3) is 4.53. The molecule has 9 heteroatoms. The minimum Gasteiger partial charge on any atom is -0.338 e. The van der Waals surface area contributed by atoms with Gasteiger partial charge in [-0.15, -0.1) is 0 Å². The molecular formula is C24H31F2N5O2. The lowest BCUT2D eigenvalue weighted by atomic mass is 9.85.